The van der Waals surface area contributed by atoms with E-state index in [2.05, 4.69) is 17.0 Å². The topological polar surface area (TPSA) is 29.9 Å². The van der Waals surface area contributed by atoms with Gasteiger partial charge < -0.3 is 5.32 Å². The Morgan fingerprint density at radius 1 is 1.37 bits per heavy atom. The number of rotatable bonds is 4. The second kappa shape index (κ2) is 5.17. The molecule has 0 spiro atoms. The molecule has 0 saturated heterocycles. The quantitative estimate of drug-likeness (QED) is 0.917. The summed E-state index contributed by atoms with van der Waals surface area (Å²) in [6.45, 7) is 3.95. The first-order valence-corrected chi connectivity index (χ1v) is 5.56. The van der Waals surface area contributed by atoms with Crippen LogP contribution in [0.1, 0.15) is 11.1 Å². The molecule has 6 heteroatoms. The fourth-order valence-electron chi connectivity index (χ4n) is 1.58. The van der Waals surface area contributed by atoms with Crippen molar-refractivity contribution >= 4 is 11.9 Å². The summed E-state index contributed by atoms with van der Waals surface area (Å²) < 4.78 is 39.1. The Morgan fingerprint density at radius 2 is 2.16 bits per heavy atom. The lowest BCUT2D eigenvalue weighted by molar-refractivity contribution is -0.137. The van der Waals surface area contributed by atoms with E-state index in [0.717, 1.165) is 17.7 Å². The van der Waals surface area contributed by atoms with Crippen LogP contribution in [0.5, 0.6) is 0 Å². The molecule has 1 aromatic heterocycles. The third kappa shape index (κ3) is 3.37. The largest absolute Gasteiger partial charge is 0.416 e. The van der Waals surface area contributed by atoms with Gasteiger partial charge in [-0.25, -0.2) is 4.68 Å². The van der Waals surface area contributed by atoms with Crippen molar-refractivity contribution in [2.24, 2.45) is 0 Å². The zero-order valence-electron chi connectivity index (χ0n) is 9.98. The van der Waals surface area contributed by atoms with Gasteiger partial charge in [0, 0.05) is 30.2 Å². The molecule has 1 aromatic carbocycles. The fraction of sp³-hybridized carbons (Fsp3) is 0.154. The van der Waals surface area contributed by atoms with E-state index in [9.17, 15) is 13.2 Å². The Kier molecular flexibility index (Phi) is 3.59. The summed E-state index contributed by atoms with van der Waals surface area (Å²) in [5.74, 6) is 0. The molecule has 19 heavy (non-hydrogen) atoms. The monoisotopic (exact) mass is 267 g/mol. The molecule has 0 unspecified atom stereocenters. The first-order chi connectivity index (χ1) is 8.99. The second-order valence-electron chi connectivity index (χ2n) is 3.94. The van der Waals surface area contributed by atoms with Gasteiger partial charge in [0.2, 0.25) is 0 Å². The summed E-state index contributed by atoms with van der Waals surface area (Å²) in [5, 5.41) is 6.91. The van der Waals surface area contributed by atoms with Gasteiger partial charge in [-0.1, -0.05) is 12.6 Å². The number of hydrogen-bond donors (Lipinski definition) is 1. The summed E-state index contributed by atoms with van der Waals surface area (Å²) in [6, 6.07) is 5.09. The van der Waals surface area contributed by atoms with Crippen molar-refractivity contribution < 1.29 is 13.2 Å². The maximum Gasteiger partial charge on any atom is 0.416 e. The number of benzene rings is 1. The van der Waals surface area contributed by atoms with Crippen molar-refractivity contribution in [1.29, 1.82) is 0 Å². The maximum absolute atomic E-state index is 12.5. The van der Waals surface area contributed by atoms with Crippen LogP contribution in [0.25, 0.3) is 6.20 Å². The average Bonchev–Trinajstić information content (AvgIpc) is 2.84. The minimum atomic E-state index is -4.33. The van der Waals surface area contributed by atoms with Gasteiger partial charge >= 0.3 is 6.18 Å². The van der Waals surface area contributed by atoms with Crippen molar-refractivity contribution in [2.45, 2.75) is 12.7 Å². The molecule has 0 aliphatic rings. The Labute approximate surface area is 108 Å². The second-order valence-corrected chi connectivity index (χ2v) is 3.94. The van der Waals surface area contributed by atoms with E-state index in [1.165, 1.54) is 16.9 Å². The van der Waals surface area contributed by atoms with Crippen molar-refractivity contribution in [3.8, 4) is 0 Å². The first kappa shape index (κ1) is 13.2. The molecular weight excluding hydrogens is 255 g/mol. The highest BCUT2D eigenvalue weighted by molar-refractivity contribution is 5.46. The predicted molar refractivity (Wildman–Crippen MR) is 67.4 cm³/mol. The van der Waals surface area contributed by atoms with Crippen molar-refractivity contribution in [1.82, 2.24) is 9.78 Å². The third-order valence-corrected chi connectivity index (χ3v) is 2.53. The smallest absolute Gasteiger partial charge is 0.381 e. The van der Waals surface area contributed by atoms with Crippen LogP contribution < -0.4 is 5.32 Å². The van der Waals surface area contributed by atoms with E-state index >= 15 is 0 Å². The molecule has 0 atom stereocenters. The fourth-order valence-corrected chi connectivity index (χ4v) is 1.58. The van der Waals surface area contributed by atoms with E-state index in [1.807, 2.05) is 0 Å². The third-order valence-electron chi connectivity index (χ3n) is 2.53. The molecule has 3 nitrogen and oxygen atoms in total. The summed E-state index contributed by atoms with van der Waals surface area (Å²) in [6.07, 6.45) is 0.578. The lowest BCUT2D eigenvalue weighted by Gasteiger charge is -2.09. The highest BCUT2D eigenvalue weighted by Crippen LogP contribution is 2.30. The van der Waals surface area contributed by atoms with Crippen molar-refractivity contribution in [3.05, 3.63) is 54.4 Å². The van der Waals surface area contributed by atoms with Gasteiger partial charge in [-0.3, -0.25) is 0 Å². The van der Waals surface area contributed by atoms with Crippen LogP contribution in [-0.4, -0.2) is 9.78 Å². The van der Waals surface area contributed by atoms with Crippen LogP contribution in [0, 0.1) is 0 Å². The molecular formula is C13H12F3N3. The van der Waals surface area contributed by atoms with Gasteiger partial charge in [0.1, 0.15) is 0 Å². The SMILES string of the molecule is C=Cn1cc(CNc2cccc(C(F)(F)F)c2)cn1. The summed E-state index contributed by atoms with van der Waals surface area (Å²) in [5.41, 5.74) is 0.609. The highest BCUT2D eigenvalue weighted by Gasteiger charge is 2.30. The molecule has 0 aliphatic carbocycles. The molecule has 0 radical (unpaired) electrons. The molecule has 0 saturated carbocycles. The summed E-state index contributed by atoms with van der Waals surface area (Å²) >= 11 is 0. The molecule has 0 fully saturated rings. The van der Waals surface area contributed by atoms with E-state index in [4.69, 9.17) is 0 Å². The van der Waals surface area contributed by atoms with Gasteiger partial charge in [0.25, 0.3) is 0 Å². The highest BCUT2D eigenvalue weighted by atomic mass is 19.4. The number of aromatic nitrogens is 2. The Morgan fingerprint density at radius 3 is 2.79 bits per heavy atom. The number of halogens is 3. The van der Waals surface area contributed by atoms with Crippen LogP contribution >= 0.6 is 0 Å². The van der Waals surface area contributed by atoms with Crippen LogP contribution in [0.4, 0.5) is 18.9 Å². The van der Waals surface area contributed by atoms with Gasteiger partial charge in [-0.05, 0) is 18.2 Å². The zero-order chi connectivity index (χ0) is 13.9. The number of nitrogens with zero attached hydrogens (tertiary/aromatic N) is 2. The van der Waals surface area contributed by atoms with E-state index < -0.39 is 11.7 Å². The standard InChI is InChI=1S/C13H12F3N3/c1-2-19-9-10(8-18-19)7-17-12-5-3-4-11(6-12)13(14,15)16/h2-6,8-9,17H,1,7H2. The molecule has 100 valence electrons. The minimum absolute atomic E-state index is 0.398. The van der Waals surface area contributed by atoms with Crippen LogP contribution in [0.2, 0.25) is 0 Å². The van der Waals surface area contributed by atoms with E-state index in [0.29, 0.717) is 12.2 Å². The Hall–Kier alpha value is -2.24. The lowest BCUT2D eigenvalue weighted by Crippen LogP contribution is -2.06. The zero-order valence-corrected chi connectivity index (χ0v) is 9.98. The molecule has 2 rings (SSSR count). The number of anilines is 1. The molecule has 1 heterocycles. The van der Waals surface area contributed by atoms with E-state index in [1.54, 1.807) is 18.5 Å². The molecule has 1 N–H and O–H groups in total. The van der Waals surface area contributed by atoms with E-state index in [-0.39, 0.29) is 0 Å². The van der Waals surface area contributed by atoms with Gasteiger partial charge in [0.15, 0.2) is 0 Å². The van der Waals surface area contributed by atoms with Crippen LogP contribution in [0.3, 0.4) is 0 Å². The van der Waals surface area contributed by atoms with Crippen LogP contribution in [-0.2, 0) is 12.7 Å². The summed E-state index contributed by atoms with van der Waals surface area (Å²) in [4.78, 5) is 0. The number of nitrogens with one attached hydrogen (secondary N) is 1. The molecule has 0 bridgehead atoms. The Bertz CT molecular complexity index is 573. The summed E-state index contributed by atoms with van der Waals surface area (Å²) in [7, 11) is 0. The molecule has 2 aromatic rings. The van der Waals surface area contributed by atoms with Crippen LogP contribution in [0.15, 0.2) is 43.2 Å². The first-order valence-electron chi connectivity index (χ1n) is 5.56. The maximum atomic E-state index is 12.5. The Balaban J connectivity index is 2.05. The van der Waals surface area contributed by atoms with Gasteiger partial charge in [-0.15, -0.1) is 0 Å². The normalized spacial score (nSPS) is 11.3. The molecule has 0 aliphatic heterocycles. The minimum Gasteiger partial charge on any atom is -0.381 e. The molecule has 0 amide bonds. The lowest BCUT2D eigenvalue weighted by atomic mass is 10.2. The van der Waals surface area contributed by atoms with Gasteiger partial charge in [-0.2, -0.15) is 18.3 Å². The van der Waals surface area contributed by atoms with Crippen molar-refractivity contribution in [3.63, 3.8) is 0 Å². The number of hydrogen-bond acceptors (Lipinski definition) is 2. The average molecular weight is 267 g/mol. The van der Waals surface area contributed by atoms with Gasteiger partial charge in [0.05, 0.1) is 11.8 Å². The predicted octanol–water partition coefficient (Wildman–Crippen LogP) is 3.61. The van der Waals surface area contributed by atoms with Crippen molar-refractivity contribution in [2.75, 3.05) is 5.32 Å². The number of alkyl halides is 3.